The van der Waals surface area contributed by atoms with Gasteiger partial charge in [0.1, 0.15) is 5.75 Å². The average molecular weight is 478 g/mol. The molecule has 0 spiro atoms. The SMILES string of the molecule is COc1ccc(C=Cc2cc(OC)c(OC)c(OC)c2)c(NC(=O)/C=C/c2ccc(O)cc2)c1O. The Morgan fingerprint density at radius 1 is 0.743 bits per heavy atom. The molecule has 0 aliphatic heterocycles. The van der Waals surface area contributed by atoms with Crippen molar-refractivity contribution in [2.75, 3.05) is 33.8 Å². The number of nitrogens with one attached hydrogen (secondary N) is 1. The molecule has 182 valence electrons. The number of anilines is 1. The summed E-state index contributed by atoms with van der Waals surface area (Å²) in [6, 6.07) is 13.3. The van der Waals surface area contributed by atoms with E-state index in [1.165, 1.54) is 46.6 Å². The van der Waals surface area contributed by atoms with E-state index in [4.69, 9.17) is 18.9 Å². The fourth-order valence-electron chi connectivity index (χ4n) is 3.33. The van der Waals surface area contributed by atoms with Crippen molar-refractivity contribution in [2.45, 2.75) is 0 Å². The summed E-state index contributed by atoms with van der Waals surface area (Å²) < 4.78 is 21.3. The lowest BCUT2D eigenvalue weighted by Crippen LogP contribution is -2.09. The molecule has 3 aromatic rings. The maximum Gasteiger partial charge on any atom is 0.248 e. The fraction of sp³-hybridized carbons (Fsp3) is 0.148. The van der Waals surface area contributed by atoms with Crippen molar-refractivity contribution in [3.8, 4) is 34.5 Å². The third-order valence-electron chi connectivity index (χ3n) is 5.10. The van der Waals surface area contributed by atoms with Gasteiger partial charge in [0.05, 0.1) is 34.1 Å². The number of phenolic OH excluding ortho intramolecular Hbond substituents is 2. The van der Waals surface area contributed by atoms with Crippen LogP contribution in [0.2, 0.25) is 0 Å². The molecule has 8 nitrogen and oxygen atoms in total. The Morgan fingerprint density at radius 3 is 1.94 bits per heavy atom. The largest absolute Gasteiger partial charge is 0.508 e. The second-order valence-corrected chi connectivity index (χ2v) is 7.29. The van der Waals surface area contributed by atoms with E-state index in [1.54, 1.807) is 54.6 Å². The first-order chi connectivity index (χ1) is 16.9. The third kappa shape index (κ3) is 6.05. The number of amides is 1. The van der Waals surface area contributed by atoms with Gasteiger partial charge in [-0.1, -0.05) is 24.3 Å². The van der Waals surface area contributed by atoms with Crippen molar-refractivity contribution >= 4 is 29.8 Å². The summed E-state index contributed by atoms with van der Waals surface area (Å²) >= 11 is 0. The van der Waals surface area contributed by atoms with Gasteiger partial charge in [0.25, 0.3) is 0 Å². The molecule has 0 aromatic heterocycles. The molecule has 0 aliphatic rings. The van der Waals surface area contributed by atoms with Crippen molar-refractivity contribution in [3.63, 3.8) is 0 Å². The molecule has 8 heteroatoms. The topological polar surface area (TPSA) is 106 Å². The van der Waals surface area contributed by atoms with E-state index < -0.39 is 5.91 Å². The van der Waals surface area contributed by atoms with Crippen LogP contribution in [0, 0.1) is 0 Å². The number of hydrogen-bond acceptors (Lipinski definition) is 7. The Hall–Kier alpha value is -4.59. The molecular weight excluding hydrogens is 450 g/mol. The van der Waals surface area contributed by atoms with Crippen molar-refractivity contribution in [1.29, 1.82) is 0 Å². The number of carbonyl (C=O) groups is 1. The Kier molecular flexibility index (Phi) is 8.24. The van der Waals surface area contributed by atoms with Crippen molar-refractivity contribution < 1.29 is 34.0 Å². The summed E-state index contributed by atoms with van der Waals surface area (Å²) in [6.07, 6.45) is 6.45. The highest BCUT2D eigenvalue weighted by Gasteiger charge is 2.15. The van der Waals surface area contributed by atoms with Crippen LogP contribution in [0.1, 0.15) is 16.7 Å². The molecule has 0 heterocycles. The minimum absolute atomic E-state index is 0.136. The second-order valence-electron chi connectivity index (χ2n) is 7.29. The van der Waals surface area contributed by atoms with Crippen molar-refractivity contribution in [1.82, 2.24) is 0 Å². The van der Waals surface area contributed by atoms with Crippen LogP contribution in [0.5, 0.6) is 34.5 Å². The van der Waals surface area contributed by atoms with Gasteiger partial charge in [-0.2, -0.15) is 0 Å². The maximum atomic E-state index is 12.6. The predicted octanol–water partition coefficient (Wildman–Crippen LogP) is 4.95. The number of rotatable bonds is 9. The molecule has 0 saturated heterocycles. The number of methoxy groups -OCH3 is 4. The average Bonchev–Trinajstić information content (AvgIpc) is 2.87. The highest BCUT2D eigenvalue weighted by molar-refractivity contribution is 6.04. The minimum atomic E-state index is -0.455. The molecule has 3 rings (SSSR count). The second kappa shape index (κ2) is 11.5. The number of phenols is 2. The van der Waals surface area contributed by atoms with Gasteiger partial charge in [-0.05, 0) is 53.6 Å². The number of hydrogen-bond donors (Lipinski definition) is 3. The monoisotopic (exact) mass is 477 g/mol. The van der Waals surface area contributed by atoms with Gasteiger partial charge in [0.15, 0.2) is 23.0 Å². The standard InChI is InChI=1S/C27H27NO7/c1-32-21-13-10-19(9-5-18-15-22(33-2)27(35-4)23(16-18)34-3)25(26(21)31)28-24(30)14-8-17-6-11-20(29)12-7-17/h5-16,29,31H,1-4H3,(H,28,30)/b9-5?,14-8+. The Labute approximate surface area is 203 Å². The van der Waals surface area contributed by atoms with Gasteiger partial charge in [-0.25, -0.2) is 0 Å². The van der Waals surface area contributed by atoms with E-state index in [-0.39, 0.29) is 22.9 Å². The summed E-state index contributed by atoms with van der Waals surface area (Å²) in [7, 11) is 6.02. The molecule has 1 amide bonds. The van der Waals surface area contributed by atoms with Crippen LogP contribution >= 0.6 is 0 Å². The van der Waals surface area contributed by atoms with E-state index >= 15 is 0 Å². The van der Waals surface area contributed by atoms with Gasteiger partial charge in [-0.15, -0.1) is 0 Å². The molecule has 0 bridgehead atoms. The third-order valence-corrected chi connectivity index (χ3v) is 5.10. The lowest BCUT2D eigenvalue weighted by atomic mass is 10.1. The molecule has 0 atom stereocenters. The molecule has 3 N–H and O–H groups in total. The minimum Gasteiger partial charge on any atom is -0.508 e. The zero-order chi connectivity index (χ0) is 25.4. The highest BCUT2D eigenvalue weighted by atomic mass is 16.5. The number of carbonyl (C=O) groups excluding carboxylic acids is 1. The Balaban J connectivity index is 1.92. The Morgan fingerprint density at radius 2 is 1.37 bits per heavy atom. The predicted molar refractivity (Wildman–Crippen MR) is 135 cm³/mol. The van der Waals surface area contributed by atoms with E-state index in [2.05, 4.69) is 5.32 Å². The maximum absolute atomic E-state index is 12.6. The highest BCUT2D eigenvalue weighted by Crippen LogP contribution is 2.40. The Bertz CT molecular complexity index is 1220. The van der Waals surface area contributed by atoms with Gasteiger partial charge < -0.3 is 34.5 Å². The molecule has 0 fully saturated rings. The quantitative estimate of drug-likeness (QED) is 0.227. The van der Waals surface area contributed by atoms with Crippen molar-refractivity contribution in [2.24, 2.45) is 0 Å². The van der Waals surface area contributed by atoms with Gasteiger partial charge >= 0.3 is 0 Å². The lowest BCUT2D eigenvalue weighted by molar-refractivity contribution is -0.111. The van der Waals surface area contributed by atoms with Crippen LogP contribution in [-0.2, 0) is 4.79 Å². The zero-order valence-electron chi connectivity index (χ0n) is 19.9. The summed E-state index contributed by atoms with van der Waals surface area (Å²) in [5, 5.41) is 22.8. The van der Waals surface area contributed by atoms with E-state index in [1.807, 2.05) is 0 Å². The summed E-state index contributed by atoms with van der Waals surface area (Å²) in [5.74, 6) is 1.16. The van der Waals surface area contributed by atoms with Crippen molar-refractivity contribution in [3.05, 3.63) is 71.3 Å². The van der Waals surface area contributed by atoms with E-state index in [0.29, 0.717) is 22.8 Å². The van der Waals surface area contributed by atoms with E-state index in [0.717, 1.165) is 11.1 Å². The fourth-order valence-corrected chi connectivity index (χ4v) is 3.33. The van der Waals surface area contributed by atoms with E-state index in [9.17, 15) is 15.0 Å². The number of benzene rings is 3. The smallest absolute Gasteiger partial charge is 0.248 e. The normalized spacial score (nSPS) is 11.0. The van der Waals surface area contributed by atoms with Gasteiger partial charge in [-0.3, -0.25) is 4.79 Å². The molecular formula is C27H27NO7. The first-order valence-corrected chi connectivity index (χ1v) is 10.6. The summed E-state index contributed by atoms with van der Waals surface area (Å²) in [4.78, 5) is 12.6. The van der Waals surface area contributed by atoms with Crippen LogP contribution in [-0.4, -0.2) is 44.6 Å². The summed E-state index contributed by atoms with van der Waals surface area (Å²) in [6.45, 7) is 0. The summed E-state index contributed by atoms with van der Waals surface area (Å²) in [5.41, 5.74) is 2.21. The van der Waals surface area contributed by atoms with Crippen LogP contribution in [0.3, 0.4) is 0 Å². The molecule has 0 unspecified atom stereocenters. The zero-order valence-corrected chi connectivity index (χ0v) is 19.9. The first-order valence-electron chi connectivity index (χ1n) is 10.6. The number of ether oxygens (including phenoxy) is 4. The van der Waals surface area contributed by atoms with Gasteiger partial charge in [0.2, 0.25) is 11.7 Å². The molecule has 0 aliphatic carbocycles. The van der Waals surface area contributed by atoms with Crippen LogP contribution < -0.4 is 24.3 Å². The molecule has 3 aromatic carbocycles. The molecule has 0 saturated carbocycles. The van der Waals surface area contributed by atoms with Crippen LogP contribution in [0.15, 0.2) is 54.6 Å². The van der Waals surface area contributed by atoms with Crippen LogP contribution in [0.25, 0.3) is 18.2 Å². The molecule has 0 radical (unpaired) electrons. The lowest BCUT2D eigenvalue weighted by Gasteiger charge is -2.14. The number of aromatic hydroxyl groups is 2. The van der Waals surface area contributed by atoms with Crippen LogP contribution in [0.4, 0.5) is 5.69 Å². The van der Waals surface area contributed by atoms with Gasteiger partial charge in [0, 0.05) is 11.6 Å². The first kappa shape index (κ1) is 25.0. The molecule has 35 heavy (non-hydrogen) atoms.